The highest BCUT2D eigenvalue weighted by Gasteiger charge is 2.16. The Bertz CT molecular complexity index is 640. The lowest BCUT2D eigenvalue weighted by Crippen LogP contribution is -2.32. The average Bonchev–Trinajstić information content (AvgIpc) is 2.75. The van der Waals surface area contributed by atoms with E-state index < -0.39 is 11.7 Å². The molecule has 2 aromatic heterocycles. The lowest BCUT2D eigenvalue weighted by Gasteiger charge is -2.19. The van der Waals surface area contributed by atoms with Gasteiger partial charge in [0.15, 0.2) is 5.65 Å². The van der Waals surface area contributed by atoms with Crippen LogP contribution in [0.4, 0.5) is 4.79 Å². The fourth-order valence-electron chi connectivity index (χ4n) is 1.61. The molecule has 0 unspecified atom stereocenters. The summed E-state index contributed by atoms with van der Waals surface area (Å²) in [5, 5.41) is 6.86. The number of nitrogens with one attached hydrogen (secondary N) is 1. The molecule has 0 saturated carbocycles. The lowest BCUT2D eigenvalue weighted by atomic mass is 10.2. The summed E-state index contributed by atoms with van der Waals surface area (Å²) in [6, 6.07) is 1.87. The van der Waals surface area contributed by atoms with Crippen LogP contribution in [-0.4, -0.2) is 26.3 Å². The van der Waals surface area contributed by atoms with Crippen LogP contribution >= 0.6 is 0 Å². The van der Waals surface area contributed by atoms with Gasteiger partial charge in [-0.15, -0.1) is 0 Å². The summed E-state index contributed by atoms with van der Waals surface area (Å²) in [6.45, 7) is 9.43. The molecule has 0 aromatic carbocycles. The van der Waals surface area contributed by atoms with Crippen molar-refractivity contribution in [3.63, 3.8) is 0 Å². The number of fused-ring (bicyclic) bond motifs is 1. The summed E-state index contributed by atoms with van der Waals surface area (Å²) < 4.78 is 6.81. The summed E-state index contributed by atoms with van der Waals surface area (Å²) in [7, 11) is 0. The molecule has 0 aliphatic carbocycles. The van der Waals surface area contributed by atoms with Gasteiger partial charge in [0.05, 0.1) is 24.6 Å². The molecule has 6 heteroatoms. The second kappa shape index (κ2) is 5.32. The van der Waals surface area contributed by atoms with Crippen molar-refractivity contribution in [3.05, 3.63) is 36.3 Å². The fraction of sp³-hybridized carbons (Fsp3) is 0.357. The number of hydrogen-bond acceptors (Lipinski definition) is 4. The first-order valence-corrected chi connectivity index (χ1v) is 6.31. The molecule has 2 heterocycles. The van der Waals surface area contributed by atoms with Crippen molar-refractivity contribution < 1.29 is 9.53 Å². The van der Waals surface area contributed by atoms with Crippen LogP contribution in [0.5, 0.6) is 0 Å². The summed E-state index contributed by atoms with van der Waals surface area (Å²) in [5.74, 6) is 0. The van der Waals surface area contributed by atoms with Crippen LogP contribution in [-0.2, 0) is 11.3 Å². The summed E-state index contributed by atoms with van der Waals surface area (Å²) >= 11 is 0. The summed E-state index contributed by atoms with van der Waals surface area (Å²) in [6.07, 6.45) is 4.71. The zero-order valence-corrected chi connectivity index (χ0v) is 11.9. The highest BCUT2D eigenvalue weighted by Crippen LogP contribution is 2.08. The Kier molecular flexibility index (Phi) is 3.74. The van der Waals surface area contributed by atoms with Gasteiger partial charge in [0.1, 0.15) is 5.60 Å². The molecule has 0 atom stereocenters. The number of hydrogen-bond donors (Lipinski definition) is 1. The number of rotatable bonds is 3. The third-order valence-electron chi connectivity index (χ3n) is 2.44. The minimum atomic E-state index is -0.511. The monoisotopic (exact) mass is 274 g/mol. The topological polar surface area (TPSA) is 68.5 Å². The van der Waals surface area contributed by atoms with Gasteiger partial charge in [-0.05, 0) is 32.4 Å². The molecular formula is C14H18N4O2. The zero-order chi connectivity index (χ0) is 14.8. The molecule has 1 N–H and O–H groups in total. The number of alkyl carbamates (subject to hydrolysis) is 1. The largest absolute Gasteiger partial charge is 0.444 e. The number of aromatic nitrogens is 3. The average molecular weight is 274 g/mol. The van der Waals surface area contributed by atoms with E-state index in [0.29, 0.717) is 17.9 Å². The maximum atomic E-state index is 11.6. The number of carbonyl (C=O) groups excluding carboxylic acids is 1. The van der Waals surface area contributed by atoms with Gasteiger partial charge in [0.2, 0.25) is 0 Å². The zero-order valence-electron chi connectivity index (χ0n) is 11.9. The van der Waals surface area contributed by atoms with Crippen LogP contribution < -0.4 is 5.32 Å². The fourth-order valence-corrected chi connectivity index (χ4v) is 1.61. The maximum Gasteiger partial charge on any atom is 0.407 e. The van der Waals surface area contributed by atoms with Crippen LogP contribution in [0.1, 0.15) is 32.0 Å². The van der Waals surface area contributed by atoms with Crippen molar-refractivity contribution in [2.75, 3.05) is 0 Å². The van der Waals surface area contributed by atoms with Crippen molar-refractivity contribution in [2.24, 2.45) is 0 Å². The van der Waals surface area contributed by atoms with Crippen LogP contribution in [0.2, 0.25) is 0 Å². The predicted octanol–water partition coefficient (Wildman–Crippen LogP) is 2.40. The third kappa shape index (κ3) is 3.57. The van der Waals surface area contributed by atoms with E-state index in [0.717, 1.165) is 5.56 Å². The van der Waals surface area contributed by atoms with Gasteiger partial charge in [-0.3, -0.25) is 0 Å². The number of nitrogens with zero attached hydrogens (tertiary/aromatic N) is 3. The van der Waals surface area contributed by atoms with Crippen molar-refractivity contribution >= 4 is 17.8 Å². The van der Waals surface area contributed by atoms with Crippen molar-refractivity contribution in [2.45, 2.75) is 32.9 Å². The first-order chi connectivity index (χ1) is 9.37. The number of amides is 1. The quantitative estimate of drug-likeness (QED) is 0.933. The van der Waals surface area contributed by atoms with E-state index >= 15 is 0 Å². The van der Waals surface area contributed by atoms with Gasteiger partial charge < -0.3 is 10.1 Å². The van der Waals surface area contributed by atoms with Crippen molar-refractivity contribution in [3.8, 4) is 0 Å². The van der Waals surface area contributed by atoms with E-state index in [2.05, 4.69) is 22.0 Å². The van der Waals surface area contributed by atoms with E-state index in [-0.39, 0.29) is 0 Å². The Morgan fingerprint density at radius 3 is 2.95 bits per heavy atom. The van der Waals surface area contributed by atoms with Crippen LogP contribution in [0.25, 0.3) is 11.7 Å². The standard InChI is InChI=1S/C14H18N4O2/c1-5-10-6-12-17-11(9-18(12)16-7-10)8-15-13(19)20-14(2,3)4/h5-7,9H,1,8H2,2-4H3,(H,15,19). The van der Waals surface area contributed by atoms with E-state index in [4.69, 9.17) is 4.74 Å². The minimum Gasteiger partial charge on any atom is -0.444 e. The van der Waals surface area contributed by atoms with E-state index in [1.165, 1.54) is 0 Å². The highest BCUT2D eigenvalue weighted by atomic mass is 16.6. The Labute approximate surface area is 117 Å². The van der Waals surface area contributed by atoms with Gasteiger partial charge in [-0.25, -0.2) is 14.3 Å². The van der Waals surface area contributed by atoms with E-state index in [9.17, 15) is 4.79 Å². The molecular weight excluding hydrogens is 256 g/mol. The highest BCUT2D eigenvalue weighted by molar-refractivity contribution is 5.67. The molecule has 1 amide bonds. The maximum absolute atomic E-state index is 11.6. The molecule has 0 aliphatic rings. The van der Waals surface area contributed by atoms with Crippen LogP contribution in [0.3, 0.4) is 0 Å². The summed E-state index contributed by atoms with van der Waals surface area (Å²) in [5.41, 5.74) is 1.81. The minimum absolute atomic E-state index is 0.293. The Morgan fingerprint density at radius 1 is 1.55 bits per heavy atom. The molecule has 20 heavy (non-hydrogen) atoms. The number of carbonyl (C=O) groups is 1. The predicted molar refractivity (Wildman–Crippen MR) is 76.2 cm³/mol. The van der Waals surface area contributed by atoms with E-state index in [1.807, 2.05) is 26.8 Å². The molecule has 0 saturated heterocycles. The number of imidazole rings is 1. The SMILES string of the molecule is C=Cc1cnn2cc(CNC(=O)OC(C)(C)C)nc2c1. The molecule has 0 spiro atoms. The second-order valence-corrected chi connectivity index (χ2v) is 5.38. The number of ether oxygens (including phenoxy) is 1. The van der Waals surface area contributed by atoms with E-state index in [1.54, 1.807) is 23.0 Å². The summed E-state index contributed by atoms with van der Waals surface area (Å²) in [4.78, 5) is 15.9. The molecule has 0 fully saturated rings. The van der Waals surface area contributed by atoms with Gasteiger partial charge >= 0.3 is 6.09 Å². The first-order valence-electron chi connectivity index (χ1n) is 6.31. The van der Waals surface area contributed by atoms with Crippen molar-refractivity contribution in [1.82, 2.24) is 19.9 Å². The van der Waals surface area contributed by atoms with Gasteiger partial charge in [0, 0.05) is 0 Å². The Hall–Kier alpha value is -2.37. The Balaban J connectivity index is 2.03. The molecule has 2 rings (SSSR count). The molecule has 0 radical (unpaired) electrons. The third-order valence-corrected chi connectivity index (χ3v) is 2.44. The lowest BCUT2D eigenvalue weighted by molar-refractivity contribution is 0.0523. The van der Waals surface area contributed by atoms with Gasteiger partial charge in [-0.2, -0.15) is 5.10 Å². The van der Waals surface area contributed by atoms with Crippen molar-refractivity contribution in [1.29, 1.82) is 0 Å². The first kappa shape index (κ1) is 14.0. The second-order valence-electron chi connectivity index (χ2n) is 5.38. The molecule has 2 aromatic rings. The molecule has 0 bridgehead atoms. The Morgan fingerprint density at radius 2 is 2.30 bits per heavy atom. The van der Waals surface area contributed by atoms with Crippen LogP contribution in [0.15, 0.2) is 25.0 Å². The molecule has 106 valence electrons. The normalized spacial score (nSPS) is 11.3. The smallest absolute Gasteiger partial charge is 0.407 e. The van der Waals surface area contributed by atoms with Gasteiger partial charge in [-0.1, -0.05) is 12.7 Å². The van der Waals surface area contributed by atoms with Gasteiger partial charge in [0.25, 0.3) is 0 Å². The molecule has 6 nitrogen and oxygen atoms in total. The van der Waals surface area contributed by atoms with Crippen LogP contribution in [0, 0.1) is 0 Å². The molecule has 0 aliphatic heterocycles.